The number of hydrogen-bond donors (Lipinski definition) is 1. The van der Waals surface area contributed by atoms with Gasteiger partial charge in [0.15, 0.2) is 11.5 Å². The first kappa shape index (κ1) is 16.6. The summed E-state index contributed by atoms with van der Waals surface area (Å²) in [6.45, 7) is 0. The number of hydrogen-bond acceptors (Lipinski definition) is 3. The fourth-order valence-corrected chi connectivity index (χ4v) is 2.94. The summed E-state index contributed by atoms with van der Waals surface area (Å²) in [5.74, 6) is 0.569. The number of carbonyl (C=O) groups is 1. The van der Waals surface area contributed by atoms with E-state index in [9.17, 15) is 9.18 Å². The van der Waals surface area contributed by atoms with Crippen molar-refractivity contribution in [3.05, 3.63) is 52.8 Å². The molecule has 2 aromatic rings. The van der Waals surface area contributed by atoms with Crippen molar-refractivity contribution >= 4 is 23.2 Å². The molecule has 0 spiro atoms. The molecule has 0 bridgehead atoms. The highest BCUT2D eigenvalue weighted by atomic mass is 35.5. The smallest absolute Gasteiger partial charge is 0.228 e. The number of nitrogens with one attached hydrogen (secondary N) is 1. The SMILES string of the molecule is COc1cc(Cl)c(NC(=O)[C@H]2C[C@H]2c2ccc(F)cc2)cc1OC. The minimum atomic E-state index is -0.280. The lowest BCUT2D eigenvalue weighted by Crippen LogP contribution is -2.15. The van der Waals surface area contributed by atoms with Crippen LogP contribution in [0.5, 0.6) is 11.5 Å². The van der Waals surface area contributed by atoms with Crippen LogP contribution in [0.3, 0.4) is 0 Å². The summed E-state index contributed by atoms with van der Waals surface area (Å²) < 4.78 is 23.4. The quantitative estimate of drug-likeness (QED) is 0.878. The van der Waals surface area contributed by atoms with Crippen LogP contribution in [0.1, 0.15) is 17.9 Å². The van der Waals surface area contributed by atoms with Gasteiger partial charge in [0, 0.05) is 18.1 Å². The van der Waals surface area contributed by atoms with Crippen LogP contribution in [-0.2, 0) is 4.79 Å². The molecule has 3 rings (SSSR count). The molecular weight excluding hydrogens is 333 g/mol. The van der Waals surface area contributed by atoms with Gasteiger partial charge in [-0.25, -0.2) is 4.39 Å². The first-order valence-corrected chi connectivity index (χ1v) is 7.89. The van der Waals surface area contributed by atoms with Crippen LogP contribution in [0.15, 0.2) is 36.4 Å². The van der Waals surface area contributed by atoms with Gasteiger partial charge < -0.3 is 14.8 Å². The van der Waals surface area contributed by atoms with Crippen LogP contribution in [0.4, 0.5) is 10.1 Å². The Morgan fingerprint density at radius 2 is 1.79 bits per heavy atom. The number of halogens is 2. The summed E-state index contributed by atoms with van der Waals surface area (Å²) in [7, 11) is 3.03. The molecule has 4 nitrogen and oxygen atoms in total. The largest absolute Gasteiger partial charge is 0.493 e. The average Bonchev–Trinajstić information content (AvgIpc) is 3.37. The van der Waals surface area contributed by atoms with Gasteiger partial charge in [-0.3, -0.25) is 4.79 Å². The predicted molar refractivity (Wildman–Crippen MR) is 90.4 cm³/mol. The van der Waals surface area contributed by atoms with E-state index in [-0.39, 0.29) is 23.6 Å². The van der Waals surface area contributed by atoms with Crippen molar-refractivity contribution in [2.45, 2.75) is 12.3 Å². The Labute approximate surface area is 144 Å². The number of carbonyl (C=O) groups excluding carboxylic acids is 1. The second-order valence-electron chi connectivity index (χ2n) is 5.68. The van der Waals surface area contributed by atoms with E-state index in [1.807, 2.05) is 0 Å². The first-order chi connectivity index (χ1) is 11.5. The fraction of sp³-hybridized carbons (Fsp3) is 0.278. The molecule has 24 heavy (non-hydrogen) atoms. The highest BCUT2D eigenvalue weighted by molar-refractivity contribution is 6.34. The lowest BCUT2D eigenvalue weighted by Gasteiger charge is -2.12. The molecule has 0 heterocycles. The minimum Gasteiger partial charge on any atom is -0.493 e. The number of amides is 1. The zero-order valence-electron chi connectivity index (χ0n) is 13.3. The van der Waals surface area contributed by atoms with Crippen molar-refractivity contribution in [2.24, 2.45) is 5.92 Å². The molecule has 2 aromatic carbocycles. The third kappa shape index (κ3) is 3.31. The maximum absolute atomic E-state index is 13.0. The van der Waals surface area contributed by atoms with Crippen LogP contribution in [0, 0.1) is 11.7 Å². The summed E-state index contributed by atoms with van der Waals surface area (Å²) in [6.07, 6.45) is 0.738. The highest BCUT2D eigenvalue weighted by Crippen LogP contribution is 2.48. The van der Waals surface area contributed by atoms with Crippen molar-refractivity contribution in [2.75, 3.05) is 19.5 Å². The molecule has 1 N–H and O–H groups in total. The van der Waals surface area contributed by atoms with Crippen LogP contribution in [-0.4, -0.2) is 20.1 Å². The Hall–Kier alpha value is -2.27. The van der Waals surface area contributed by atoms with Crippen LogP contribution >= 0.6 is 11.6 Å². The van der Waals surface area contributed by atoms with E-state index >= 15 is 0 Å². The van der Waals surface area contributed by atoms with E-state index in [1.54, 1.807) is 24.3 Å². The molecule has 1 amide bonds. The van der Waals surface area contributed by atoms with E-state index in [0.29, 0.717) is 22.2 Å². The zero-order chi connectivity index (χ0) is 17.3. The van der Waals surface area contributed by atoms with Crippen molar-refractivity contribution in [1.82, 2.24) is 0 Å². The minimum absolute atomic E-state index is 0.113. The number of rotatable bonds is 5. The summed E-state index contributed by atoms with van der Waals surface area (Å²) in [6, 6.07) is 9.49. The number of benzene rings is 2. The second-order valence-corrected chi connectivity index (χ2v) is 6.08. The molecule has 6 heteroatoms. The van der Waals surface area contributed by atoms with E-state index in [2.05, 4.69) is 5.32 Å². The van der Waals surface area contributed by atoms with Crippen molar-refractivity contribution < 1.29 is 18.7 Å². The summed E-state index contributed by atoms with van der Waals surface area (Å²) in [5.41, 5.74) is 1.44. The van der Waals surface area contributed by atoms with Crippen molar-refractivity contribution in [1.29, 1.82) is 0 Å². The zero-order valence-corrected chi connectivity index (χ0v) is 14.1. The van der Waals surface area contributed by atoms with Gasteiger partial charge in [0.1, 0.15) is 5.82 Å². The Morgan fingerprint density at radius 3 is 2.42 bits per heavy atom. The Morgan fingerprint density at radius 1 is 1.17 bits per heavy atom. The normalized spacial score (nSPS) is 18.8. The third-order valence-electron chi connectivity index (χ3n) is 4.16. The van der Waals surface area contributed by atoms with E-state index in [0.717, 1.165) is 12.0 Å². The molecule has 0 saturated heterocycles. The maximum Gasteiger partial charge on any atom is 0.228 e. The Bertz CT molecular complexity index is 764. The van der Waals surface area contributed by atoms with E-state index in [4.69, 9.17) is 21.1 Å². The van der Waals surface area contributed by atoms with Crippen LogP contribution < -0.4 is 14.8 Å². The van der Waals surface area contributed by atoms with Gasteiger partial charge in [0.25, 0.3) is 0 Å². The fourth-order valence-electron chi connectivity index (χ4n) is 2.74. The number of anilines is 1. The van der Waals surface area contributed by atoms with Crippen molar-refractivity contribution in [3.63, 3.8) is 0 Å². The lowest BCUT2D eigenvalue weighted by molar-refractivity contribution is -0.117. The van der Waals surface area contributed by atoms with Gasteiger partial charge in [-0.1, -0.05) is 23.7 Å². The summed E-state index contributed by atoms with van der Waals surface area (Å²) in [5, 5.41) is 3.20. The summed E-state index contributed by atoms with van der Waals surface area (Å²) in [4.78, 5) is 12.4. The van der Waals surface area contributed by atoms with Crippen LogP contribution in [0.25, 0.3) is 0 Å². The topological polar surface area (TPSA) is 47.6 Å². The molecule has 0 unspecified atom stereocenters. The van der Waals surface area contributed by atoms with Gasteiger partial charge in [-0.05, 0) is 30.0 Å². The standard InChI is InChI=1S/C18H17ClFNO3/c1-23-16-8-14(19)15(9-17(16)24-2)21-18(22)13-7-12(13)10-3-5-11(20)6-4-10/h3-6,8-9,12-13H,7H2,1-2H3,(H,21,22)/t12-,13-/m0/s1. The molecule has 1 saturated carbocycles. The average molecular weight is 350 g/mol. The lowest BCUT2D eigenvalue weighted by atomic mass is 10.1. The second kappa shape index (κ2) is 6.69. The molecule has 1 aliphatic carbocycles. The first-order valence-electron chi connectivity index (χ1n) is 7.51. The summed E-state index contributed by atoms with van der Waals surface area (Å²) >= 11 is 6.19. The molecule has 1 fully saturated rings. The number of methoxy groups -OCH3 is 2. The number of ether oxygens (including phenoxy) is 2. The predicted octanol–water partition coefficient (Wildman–Crippen LogP) is 4.24. The monoisotopic (exact) mass is 349 g/mol. The maximum atomic E-state index is 13.0. The van der Waals surface area contributed by atoms with Crippen molar-refractivity contribution in [3.8, 4) is 11.5 Å². The van der Waals surface area contributed by atoms with Gasteiger partial charge in [-0.2, -0.15) is 0 Å². The van der Waals surface area contributed by atoms with Gasteiger partial charge >= 0.3 is 0 Å². The molecule has 0 aromatic heterocycles. The molecule has 0 aliphatic heterocycles. The third-order valence-corrected chi connectivity index (χ3v) is 4.47. The van der Waals surface area contributed by atoms with E-state index in [1.165, 1.54) is 26.4 Å². The molecule has 126 valence electrons. The molecule has 0 radical (unpaired) electrons. The molecular formula is C18H17ClFNO3. The van der Waals surface area contributed by atoms with Gasteiger partial charge in [0.05, 0.1) is 24.9 Å². The van der Waals surface area contributed by atoms with Gasteiger partial charge in [0.2, 0.25) is 5.91 Å². The molecule has 1 aliphatic rings. The Kier molecular flexibility index (Phi) is 4.62. The van der Waals surface area contributed by atoms with Crippen LogP contribution in [0.2, 0.25) is 5.02 Å². The molecule has 2 atom stereocenters. The van der Waals surface area contributed by atoms with E-state index < -0.39 is 0 Å². The Balaban J connectivity index is 1.71. The highest BCUT2D eigenvalue weighted by Gasteiger charge is 2.44. The van der Waals surface area contributed by atoms with Gasteiger partial charge in [-0.15, -0.1) is 0 Å².